The van der Waals surface area contributed by atoms with Crippen molar-refractivity contribution in [3.8, 4) is 0 Å². The molecule has 1 amide bonds. The summed E-state index contributed by atoms with van der Waals surface area (Å²) in [5, 5.41) is 0. The van der Waals surface area contributed by atoms with Crippen LogP contribution in [0.3, 0.4) is 0 Å². The predicted molar refractivity (Wildman–Crippen MR) is 75.0 cm³/mol. The first-order valence-electron chi connectivity index (χ1n) is 6.81. The minimum Gasteiger partial charge on any atom is -0.369 e. The van der Waals surface area contributed by atoms with Crippen LogP contribution < -0.4 is 5.73 Å². The van der Waals surface area contributed by atoms with Crippen LogP contribution in [0.15, 0.2) is 30.3 Å². The Balaban J connectivity index is 0.000000771. The highest BCUT2D eigenvalue weighted by molar-refractivity contribution is 5.76. The Bertz CT molecular complexity index is 351. The van der Waals surface area contributed by atoms with E-state index in [1.165, 1.54) is 5.56 Å². The van der Waals surface area contributed by atoms with Gasteiger partial charge in [0.15, 0.2) is 0 Å². The van der Waals surface area contributed by atoms with E-state index in [1.807, 2.05) is 32.0 Å². The van der Waals surface area contributed by atoms with Crippen molar-refractivity contribution >= 4 is 5.91 Å². The SMILES string of the molecule is CC.NC(=O)C1CCCN(Cc2ccccc2)C1. The van der Waals surface area contributed by atoms with Gasteiger partial charge in [-0.25, -0.2) is 0 Å². The molecule has 0 aliphatic carbocycles. The zero-order valence-electron chi connectivity index (χ0n) is 11.4. The zero-order chi connectivity index (χ0) is 13.4. The quantitative estimate of drug-likeness (QED) is 0.893. The number of piperidine rings is 1. The molecule has 0 aromatic heterocycles. The Labute approximate surface area is 110 Å². The average molecular weight is 248 g/mol. The number of nitrogens with two attached hydrogens (primary N) is 1. The zero-order valence-corrected chi connectivity index (χ0v) is 11.4. The summed E-state index contributed by atoms with van der Waals surface area (Å²) in [7, 11) is 0. The lowest BCUT2D eigenvalue weighted by molar-refractivity contribution is -0.123. The van der Waals surface area contributed by atoms with Crippen LogP contribution in [0.25, 0.3) is 0 Å². The van der Waals surface area contributed by atoms with Crippen LogP contribution in [0.5, 0.6) is 0 Å². The number of amides is 1. The maximum absolute atomic E-state index is 11.1. The van der Waals surface area contributed by atoms with Crippen LogP contribution in [-0.4, -0.2) is 23.9 Å². The number of rotatable bonds is 3. The van der Waals surface area contributed by atoms with Gasteiger partial charge in [0.05, 0.1) is 5.92 Å². The number of likely N-dealkylation sites (tertiary alicyclic amines) is 1. The van der Waals surface area contributed by atoms with Crippen molar-refractivity contribution in [3.63, 3.8) is 0 Å². The third-order valence-corrected chi connectivity index (χ3v) is 3.16. The van der Waals surface area contributed by atoms with Gasteiger partial charge in [-0.2, -0.15) is 0 Å². The highest BCUT2D eigenvalue weighted by atomic mass is 16.1. The van der Waals surface area contributed by atoms with Crippen molar-refractivity contribution in [1.29, 1.82) is 0 Å². The number of hydrogen-bond acceptors (Lipinski definition) is 2. The first-order valence-corrected chi connectivity index (χ1v) is 6.81. The van der Waals surface area contributed by atoms with Crippen molar-refractivity contribution in [2.45, 2.75) is 33.2 Å². The Morgan fingerprint density at radius 1 is 1.33 bits per heavy atom. The summed E-state index contributed by atoms with van der Waals surface area (Å²) in [6.07, 6.45) is 2.01. The molecule has 100 valence electrons. The number of carbonyl (C=O) groups is 1. The smallest absolute Gasteiger partial charge is 0.221 e. The van der Waals surface area contributed by atoms with E-state index in [0.29, 0.717) is 0 Å². The third kappa shape index (κ3) is 4.49. The number of benzene rings is 1. The average Bonchev–Trinajstić information content (AvgIpc) is 2.42. The molecule has 1 aliphatic heterocycles. The van der Waals surface area contributed by atoms with Crippen LogP contribution >= 0.6 is 0 Å². The standard InChI is InChI=1S/C13H18N2O.C2H6/c14-13(16)12-7-4-8-15(10-12)9-11-5-2-1-3-6-11;1-2/h1-3,5-6,12H,4,7-10H2,(H2,14,16);1-2H3. The molecule has 2 rings (SSSR count). The summed E-state index contributed by atoms with van der Waals surface area (Å²) in [6.45, 7) is 6.80. The lowest BCUT2D eigenvalue weighted by Gasteiger charge is -2.31. The fourth-order valence-electron chi connectivity index (χ4n) is 2.27. The van der Waals surface area contributed by atoms with Crippen LogP contribution in [-0.2, 0) is 11.3 Å². The van der Waals surface area contributed by atoms with Gasteiger partial charge in [0.2, 0.25) is 5.91 Å². The van der Waals surface area contributed by atoms with Gasteiger partial charge in [0, 0.05) is 13.1 Å². The van der Waals surface area contributed by atoms with E-state index in [0.717, 1.165) is 32.5 Å². The first kappa shape index (κ1) is 14.7. The van der Waals surface area contributed by atoms with Crippen LogP contribution in [0.1, 0.15) is 32.3 Å². The Morgan fingerprint density at radius 2 is 2.00 bits per heavy atom. The second-order valence-corrected chi connectivity index (χ2v) is 4.46. The maximum Gasteiger partial charge on any atom is 0.221 e. The van der Waals surface area contributed by atoms with Crippen LogP contribution in [0.2, 0.25) is 0 Å². The first-order chi connectivity index (χ1) is 8.75. The third-order valence-electron chi connectivity index (χ3n) is 3.16. The molecular formula is C15H24N2O. The number of primary amides is 1. The van der Waals surface area contributed by atoms with Gasteiger partial charge in [0.1, 0.15) is 0 Å². The number of nitrogens with zero attached hydrogens (tertiary/aromatic N) is 1. The summed E-state index contributed by atoms with van der Waals surface area (Å²) in [5.41, 5.74) is 6.66. The fraction of sp³-hybridized carbons (Fsp3) is 0.533. The van der Waals surface area contributed by atoms with E-state index >= 15 is 0 Å². The molecule has 0 radical (unpaired) electrons. The number of carbonyl (C=O) groups excluding carboxylic acids is 1. The molecule has 1 saturated heterocycles. The highest BCUT2D eigenvalue weighted by Gasteiger charge is 2.23. The van der Waals surface area contributed by atoms with Gasteiger partial charge in [-0.1, -0.05) is 44.2 Å². The lowest BCUT2D eigenvalue weighted by atomic mass is 9.97. The summed E-state index contributed by atoms with van der Waals surface area (Å²) in [6, 6.07) is 10.4. The van der Waals surface area contributed by atoms with Crippen molar-refractivity contribution in [3.05, 3.63) is 35.9 Å². The summed E-state index contributed by atoms with van der Waals surface area (Å²) >= 11 is 0. The van der Waals surface area contributed by atoms with E-state index < -0.39 is 0 Å². The molecule has 1 aliphatic rings. The molecule has 1 heterocycles. The normalized spacial score (nSPS) is 19.8. The van der Waals surface area contributed by atoms with Gasteiger partial charge >= 0.3 is 0 Å². The molecule has 0 spiro atoms. The molecule has 1 atom stereocenters. The van der Waals surface area contributed by atoms with Gasteiger partial charge in [-0.05, 0) is 24.9 Å². The largest absolute Gasteiger partial charge is 0.369 e. The van der Waals surface area contributed by atoms with E-state index in [1.54, 1.807) is 0 Å². The van der Waals surface area contributed by atoms with Crippen molar-refractivity contribution < 1.29 is 4.79 Å². The molecule has 0 bridgehead atoms. The molecule has 1 aromatic rings. The van der Waals surface area contributed by atoms with Crippen molar-refractivity contribution in [2.24, 2.45) is 11.7 Å². The molecule has 1 fully saturated rings. The Hall–Kier alpha value is -1.35. The van der Waals surface area contributed by atoms with Gasteiger partial charge in [-0.3, -0.25) is 9.69 Å². The van der Waals surface area contributed by atoms with Crippen molar-refractivity contribution in [1.82, 2.24) is 4.90 Å². The summed E-state index contributed by atoms with van der Waals surface area (Å²) in [4.78, 5) is 13.5. The molecule has 1 aromatic carbocycles. The van der Waals surface area contributed by atoms with Gasteiger partial charge in [-0.15, -0.1) is 0 Å². The van der Waals surface area contributed by atoms with Crippen LogP contribution in [0.4, 0.5) is 0 Å². The molecule has 3 nitrogen and oxygen atoms in total. The molecule has 1 unspecified atom stereocenters. The lowest BCUT2D eigenvalue weighted by Crippen LogP contribution is -2.40. The van der Waals surface area contributed by atoms with Crippen molar-refractivity contribution in [2.75, 3.05) is 13.1 Å². The Kier molecular flexibility index (Phi) is 6.44. The topological polar surface area (TPSA) is 46.3 Å². The minimum absolute atomic E-state index is 0.0393. The number of hydrogen-bond donors (Lipinski definition) is 1. The summed E-state index contributed by atoms with van der Waals surface area (Å²) < 4.78 is 0. The molecule has 18 heavy (non-hydrogen) atoms. The molecule has 0 saturated carbocycles. The summed E-state index contributed by atoms with van der Waals surface area (Å²) in [5.74, 6) is -0.116. The maximum atomic E-state index is 11.1. The van der Waals surface area contributed by atoms with E-state index in [-0.39, 0.29) is 11.8 Å². The van der Waals surface area contributed by atoms with E-state index in [2.05, 4.69) is 17.0 Å². The van der Waals surface area contributed by atoms with Gasteiger partial charge < -0.3 is 5.73 Å². The molecular weight excluding hydrogens is 224 g/mol. The predicted octanol–water partition coefficient (Wildman–Crippen LogP) is 2.41. The second kappa shape index (κ2) is 7.88. The van der Waals surface area contributed by atoms with Crippen LogP contribution in [0, 0.1) is 5.92 Å². The second-order valence-electron chi connectivity index (χ2n) is 4.46. The molecule has 3 heteroatoms. The van der Waals surface area contributed by atoms with Gasteiger partial charge in [0.25, 0.3) is 0 Å². The highest BCUT2D eigenvalue weighted by Crippen LogP contribution is 2.17. The minimum atomic E-state index is -0.155. The van der Waals surface area contributed by atoms with E-state index in [9.17, 15) is 4.79 Å². The molecule has 2 N–H and O–H groups in total. The fourth-order valence-corrected chi connectivity index (χ4v) is 2.27. The van der Waals surface area contributed by atoms with E-state index in [4.69, 9.17) is 5.73 Å². The monoisotopic (exact) mass is 248 g/mol. The Morgan fingerprint density at radius 3 is 2.61 bits per heavy atom.